The molecule has 0 radical (unpaired) electrons. The highest BCUT2D eigenvalue weighted by Gasteiger charge is 2.12. The summed E-state index contributed by atoms with van der Waals surface area (Å²) in [6, 6.07) is 9.66. The van der Waals surface area contributed by atoms with Crippen LogP contribution >= 0.6 is 0 Å². The predicted octanol–water partition coefficient (Wildman–Crippen LogP) is 4.02. The van der Waals surface area contributed by atoms with Crippen molar-refractivity contribution in [2.75, 3.05) is 13.7 Å². The molecule has 2 heterocycles. The van der Waals surface area contributed by atoms with Crippen molar-refractivity contribution in [3.63, 3.8) is 0 Å². The largest absolute Gasteiger partial charge is 0.496 e. The number of hydrogen-bond acceptors (Lipinski definition) is 4. The fraction of sp³-hybridized carbons (Fsp3) is 0.250. The van der Waals surface area contributed by atoms with Crippen LogP contribution in [0.5, 0.6) is 5.75 Å². The number of rotatable bonds is 7. The molecule has 31 heavy (non-hydrogen) atoms. The maximum Gasteiger partial charge on any atom is 0.336 e. The predicted molar refractivity (Wildman–Crippen MR) is 117 cm³/mol. The van der Waals surface area contributed by atoms with Crippen LogP contribution in [-0.4, -0.2) is 24.5 Å². The molecular weight excluding hydrogens is 399 g/mol. The summed E-state index contributed by atoms with van der Waals surface area (Å²) in [5.41, 5.74) is 3.58. The van der Waals surface area contributed by atoms with Gasteiger partial charge < -0.3 is 19.5 Å². The van der Waals surface area contributed by atoms with Gasteiger partial charge in [0.1, 0.15) is 17.1 Å². The van der Waals surface area contributed by atoms with Crippen LogP contribution in [0.3, 0.4) is 0 Å². The van der Waals surface area contributed by atoms with Crippen molar-refractivity contribution in [1.82, 2.24) is 10.3 Å². The number of H-pyrrole nitrogens is 1. The van der Waals surface area contributed by atoms with Crippen LogP contribution in [-0.2, 0) is 17.6 Å². The van der Waals surface area contributed by atoms with Gasteiger partial charge in [0.2, 0.25) is 5.91 Å². The van der Waals surface area contributed by atoms with E-state index >= 15 is 0 Å². The molecule has 0 aliphatic carbocycles. The fourth-order valence-electron chi connectivity index (χ4n) is 3.81. The highest BCUT2D eigenvalue weighted by Crippen LogP contribution is 2.28. The van der Waals surface area contributed by atoms with Crippen molar-refractivity contribution in [1.29, 1.82) is 0 Å². The SMILES string of the molecule is COc1cc2oc(=O)cc(C)c2cc1CCC(=O)NCCc1c[nH]c2ccc(F)cc12. The Balaban J connectivity index is 1.38. The van der Waals surface area contributed by atoms with E-state index in [-0.39, 0.29) is 11.7 Å². The van der Waals surface area contributed by atoms with Crippen LogP contribution in [0, 0.1) is 12.7 Å². The Bertz CT molecular complexity index is 1320. The van der Waals surface area contributed by atoms with E-state index in [1.165, 1.54) is 18.2 Å². The molecule has 4 rings (SSSR count). The number of amides is 1. The lowest BCUT2D eigenvalue weighted by atomic mass is 10.0. The number of carbonyl (C=O) groups is 1. The summed E-state index contributed by atoms with van der Waals surface area (Å²) in [6.45, 7) is 2.31. The number of benzene rings is 2. The van der Waals surface area contributed by atoms with E-state index in [1.807, 2.05) is 19.2 Å². The van der Waals surface area contributed by atoms with Gasteiger partial charge >= 0.3 is 5.63 Å². The molecule has 0 bridgehead atoms. The van der Waals surface area contributed by atoms with Gasteiger partial charge in [-0.15, -0.1) is 0 Å². The van der Waals surface area contributed by atoms with Gasteiger partial charge in [-0.1, -0.05) is 0 Å². The smallest absolute Gasteiger partial charge is 0.336 e. The number of aryl methyl sites for hydroxylation is 2. The van der Waals surface area contributed by atoms with Crippen molar-refractivity contribution in [3.05, 3.63) is 75.5 Å². The second-order valence-electron chi connectivity index (χ2n) is 7.51. The van der Waals surface area contributed by atoms with E-state index < -0.39 is 5.63 Å². The Morgan fingerprint density at radius 1 is 1.13 bits per heavy atom. The van der Waals surface area contributed by atoms with Gasteiger partial charge in [0.05, 0.1) is 7.11 Å². The normalized spacial score (nSPS) is 11.2. The molecule has 0 unspecified atom stereocenters. The summed E-state index contributed by atoms with van der Waals surface area (Å²) < 4.78 is 24.2. The van der Waals surface area contributed by atoms with Crippen molar-refractivity contribution in [3.8, 4) is 5.75 Å². The number of nitrogens with one attached hydrogen (secondary N) is 2. The Labute approximate surface area is 178 Å². The Morgan fingerprint density at radius 2 is 1.97 bits per heavy atom. The molecule has 0 aliphatic heterocycles. The number of methoxy groups -OCH3 is 1. The van der Waals surface area contributed by atoms with Crippen molar-refractivity contribution < 1.29 is 18.3 Å². The summed E-state index contributed by atoms with van der Waals surface area (Å²) in [4.78, 5) is 27.1. The van der Waals surface area contributed by atoms with Crippen LogP contribution in [0.1, 0.15) is 23.1 Å². The first-order chi connectivity index (χ1) is 14.9. The molecule has 0 fully saturated rings. The molecule has 0 saturated carbocycles. The first-order valence-electron chi connectivity index (χ1n) is 10.1. The van der Waals surface area contributed by atoms with Crippen LogP contribution in [0.2, 0.25) is 0 Å². The molecule has 7 heteroatoms. The topological polar surface area (TPSA) is 84.3 Å². The molecule has 2 N–H and O–H groups in total. The zero-order chi connectivity index (χ0) is 22.0. The third kappa shape index (κ3) is 4.45. The Kier molecular flexibility index (Phi) is 5.75. The van der Waals surface area contributed by atoms with Gasteiger partial charge in [-0.3, -0.25) is 4.79 Å². The lowest BCUT2D eigenvalue weighted by Gasteiger charge is -2.11. The highest BCUT2D eigenvalue weighted by molar-refractivity contribution is 5.84. The second kappa shape index (κ2) is 8.63. The van der Waals surface area contributed by atoms with E-state index in [1.54, 1.807) is 19.2 Å². The number of aromatic amines is 1. The first-order valence-corrected chi connectivity index (χ1v) is 10.1. The third-order valence-electron chi connectivity index (χ3n) is 5.42. The quantitative estimate of drug-likeness (QED) is 0.441. The summed E-state index contributed by atoms with van der Waals surface area (Å²) in [5.74, 6) is 0.218. The van der Waals surface area contributed by atoms with E-state index in [0.717, 1.165) is 33.0 Å². The molecule has 6 nitrogen and oxygen atoms in total. The van der Waals surface area contributed by atoms with E-state index in [4.69, 9.17) is 9.15 Å². The number of fused-ring (bicyclic) bond motifs is 2. The summed E-state index contributed by atoms with van der Waals surface area (Å²) >= 11 is 0. The number of carbonyl (C=O) groups excluding carboxylic acids is 1. The first kappa shape index (κ1) is 20.7. The Morgan fingerprint density at radius 3 is 2.77 bits per heavy atom. The monoisotopic (exact) mass is 422 g/mol. The lowest BCUT2D eigenvalue weighted by Crippen LogP contribution is -2.25. The number of hydrogen-bond donors (Lipinski definition) is 2. The molecule has 1 amide bonds. The Hall–Kier alpha value is -3.61. The minimum absolute atomic E-state index is 0.0792. The minimum Gasteiger partial charge on any atom is -0.496 e. The molecule has 0 aliphatic rings. The van der Waals surface area contributed by atoms with Gasteiger partial charge in [0, 0.05) is 47.6 Å². The third-order valence-corrected chi connectivity index (χ3v) is 5.42. The summed E-state index contributed by atoms with van der Waals surface area (Å²) in [6.07, 6.45) is 3.23. The maximum absolute atomic E-state index is 13.5. The lowest BCUT2D eigenvalue weighted by molar-refractivity contribution is -0.121. The summed E-state index contributed by atoms with van der Waals surface area (Å²) in [5, 5.41) is 4.57. The second-order valence-corrected chi connectivity index (χ2v) is 7.51. The molecule has 4 aromatic rings. The van der Waals surface area contributed by atoms with Crippen LogP contribution in [0.15, 0.2) is 51.8 Å². The molecule has 0 atom stereocenters. The number of ether oxygens (including phenoxy) is 1. The molecule has 0 saturated heterocycles. The molecular formula is C24H23FN2O4. The average Bonchev–Trinajstić information content (AvgIpc) is 3.13. The zero-order valence-corrected chi connectivity index (χ0v) is 17.4. The van der Waals surface area contributed by atoms with E-state index in [9.17, 15) is 14.0 Å². The highest BCUT2D eigenvalue weighted by atomic mass is 19.1. The zero-order valence-electron chi connectivity index (χ0n) is 17.4. The van der Waals surface area contributed by atoms with Crippen molar-refractivity contribution >= 4 is 27.8 Å². The fourth-order valence-corrected chi connectivity index (χ4v) is 3.81. The molecule has 2 aromatic carbocycles. The van der Waals surface area contributed by atoms with Crippen molar-refractivity contribution in [2.45, 2.75) is 26.2 Å². The average molecular weight is 422 g/mol. The summed E-state index contributed by atoms with van der Waals surface area (Å²) in [7, 11) is 1.54. The number of aromatic nitrogens is 1. The van der Waals surface area contributed by atoms with E-state index in [0.29, 0.717) is 37.1 Å². The van der Waals surface area contributed by atoms with Crippen LogP contribution in [0.4, 0.5) is 4.39 Å². The standard InChI is InChI=1S/C24H23FN2O4/c1-14-9-24(29)31-22-12-21(30-2)15(10-18(14)22)3-6-23(28)26-8-7-16-13-27-20-5-4-17(25)11-19(16)20/h4-5,9-13,27H,3,6-8H2,1-2H3,(H,26,28). The van der Waals surface area contributed by atoms with E-state index in [2.05, 4.69) is 10.3 Å². The van der Waals surface area contributed by atoms with Crippen LogP contribution in [0.25, 0.3) is 21.9 Å². The van der Waals surface area contributed by atoms with Crippen LogP contribution < -0.4 is 15.7 Å². The molecule has 2 aromatic heterocycles. The minimum atomic E-state index is -0.405. The van der Waals surface area contributed by atoms with Crippen molar-refractivity contribution in [2.24, 2.45) is 0 Å². The van der Waals surface area contributed by atoms with Gasteiger partial charge in [-0.05, 0) is 60.7 Å². The molecule has 0 spiro atoms. The van der Waals surface area contributed by atoms with Gasteiger partial charge in [-0.2, -0.15) is 0 Å². The van der Waals surface area contributed by atoms with Gasteiger partial charge in [0.15, 0.2) is 0 Å². The molecule has 160 valence electrons. The maximum atomic E-state index is 13.5. The number of halogens is 1. The van der Waals surface area contributed by atoms with Gasteiger partial charge in [0.25, 0.3) is 0 Å². The van der Waals surface area contributed by atoms with Gasteiger partial charge in [-0.25, -0.2) is 9.18 Å².